The molecule has 0 aliphatic carbocycles. The number of benzene rings is 2. The standard InChI is InChI=1S/C23H23ClF3N5S/c24-21-7-2-1-5-18(21)15-32-16-20(13-28-32)29-22(33)31-10-8-30(9-11-31)14-17-4-3-6-19(12-17)23(25,26)27/h1-7,12-13,16H,8-11,14-15H2,(H,29,33). The van der Waals surface area contributed by atoms with Crippen molar-refractivity contribution in [2.75, 3.05) is 31.5 Å². The molecule has 0 unspecified atom stereocenters. The van der Waals surface area contributed by atoms with Crippen LogP contribution in [0.15, 0.2) is 60.9 Å². The molecular formula is C23H23ClF3N5S. The normalized spacial score (nSPS) is 15.0. The van der Waals surface area contributed by atoms with Crippen molar-refractivity contribution in [3.8, 4) is 0 Å². The van der Waals surface area contributed by atoms with Crippen LogP contribution in [0, 0.1) is 0 Å². The van der Waals surface area contributed by atoms with E-state index in [9.17, 15) is 13.2 Å². The molecule has 2 aromatic carbocycles. The van der Waals surface area contributed by atoms with Gasteiger partial charge in [-0.2, -0.15) is 18.3 Å². The van der Waals surface area contributed by atoms with Crippen LogP contribution in [0.3, 0.4) is 0 Å². The lowest BCUT2D eigenvalue weighted by molar-refractivity contribution is -0.137. The quantitative estimate of drug-likeness (QED) is 0.499. The Kier molecular flexibility index (Phi) is 7.21. The highest BCUT2D eigenvalue weighted by Crippen LogP contribution is 2.29. The third kappa shape index (κ3) is 6.25. The van der Waals surface area contributed by atoms with Gasteiger partial charge in [0.05, 0.1) is 24.0 Å². The van der Waals surface area contributed by atoms with Crippen molar-refractivity contribution < 1.29 is 13.2 Å². The number of aromatic nitrogens is 2. The number of rotatable bonds is 5. The fraction of sp³-hybridized carbons (Fsp3) is 0.304. The second-order valence-electron chi connectivity index (χ2n) is 7.91. The highest BCUT2D eigenvalue weighted by atomic mass is 35.5. The van der Waals surface area contributed by atoms with Crippen molar-refractivity contribution in [3.05, 3.63) is 82.6 Å². The first-order chi connectivity index (χ1) is 15.8. The van der Waals surface area contributed by atoms with Crippen LogP contribution in [-0.2, 0) is 19.3 Å². The van der Waals surface area contributed by atoms with Crippen LogP contribution in [0.4, 0.5) is 18.9 Å². The SMILES string of the molecule is FC(F)(F)c1cccc(CN2CCN(C(=S)Nc3cnn(Cc4ccccc4Cl)c3)CC2)c1. The molecule has 3 aromatic rings. The number of anilines is 1. The molecule has 1 saturated heterocycles. The summed E-state index contributed by atoms with van der Waals surface area (Å²) < 4.78 is 40.6. The summed E-state index contributed by atoms with van der Waals surface area (Å²) in [6, 6.07) is 13.1. The molecule has 5 nitrogen and oxygen atoms in total. The van der Waals surface area contributed by atoms with Gasteiger partial charge in [-0.05, 0) is 35.5 Å². The van der Waals surface area contributed by atoms with Crippen LogP contribution < -0.4 is 5.32 Å². The van der Waals surface area contributed by atoms with E-state index < -0.39 is 11.7 Å². The minimum Gasteiger partial charge on any atom is -0.346 e. The number of nitrogens with zero attached hydrogens (tertiary/aromatic N) is 4. The van der Waals surface area contributed by atoms with Crippen molar-refractivity contribution in [1.29, 1.82) is 0 Å². The Morgan fingerprint density at radius 3 is 2.52 bits per heavy atom. The van der Waals surface area contributed by atoms with Gasteiger partial charge in [0.15, 0.2) is 5.11 Å². The predicted molar refractivity (Wildman–Crippen MR) is 127 cm³/mol. The molecule has 0 amide bonds. The molecule has 33 heavy (non-hydrogen) atoms. The second-order valence-corrected chi connectivity index (χ2v) is 8.70. The number of piperazine rings is 1. The second kappa shape index (κ2) is 10.1. The largest absolute Gasteiger partial charge is 0.416 e. The van der Waals surface area contributed by atoms with Crippen molar-refractivity contribution in [2.24, 2.45) is 0 Å². The van der Waals surface area contributed by atoms with E-state index in [0.29, 0.717) is 55.0 Å². The molecule has 0 radical (unpaired) electrons. The average Bonchev–Trinajstić information content (AvgIpc) is 3.22. The average molecular weight is 494 g/mol. The summed E-state index contributed by atoms with van der Waals surface area (Å²) in [4.78, 5) is 4.19. The third-order valence-corrected chi connectivity index (χ3v) is 6.22. The fourth-order valence-electron chi connectivity index (χ4n) is 3.73. The molecule has 174 valence electrons. The lowest BCUT2D eigenvalue weighted by atomic mass is 10.1. The molecule has 10 heteroatoms. The minimum atomic E-state index is -4.33. The van der Waals surface area contributed by atoms with Crippen LogP contribution in [0.5, 0.6) is 0 Å². The summed E-state index contributed by atoms with van der Waals surface area (Å²) in [7, 11) is 0. The number of thiocarbonyl (C=S) groups is 1. The van der Waals surface area contributed by atoms with E-state index in [1.54, 1.807) is 16.9 Å². The highest BCUT2D eigenvalue weighted by Gasteiger charge is 2.30. The van der Waals surface area contributed by atoms with Gasteiger partial charge >= 0.3 is 6.18 Å². The van der Waals surface area contributed by atoms with Crippen molar-refractivity contribution >= 4 is 34.6 Å². The van der Waals surface area contributed by atoms with Gasteiger partial charge in [-0.1, -0.05) is 48.0 Å². The third-order valence-electron chi connectivity index (χ3n) is 5.49. The van der Waals surface area contributed by atoms with Gasteiger partial charge in [0, 0.05) is 43.9 Å². The van der Waals surface area contributed by atoms with Crippen LogP contribution in [0.25, 0.3) is 0 Å². The van der Waals surface area contributed by atoms with E-state index in [4.69, 9.17) is 23.8 Å². The van der Waals surface area contributed by atoms with Gasteiger partial charge in [0.2, 0.25) is 0 Å². The number of hydrogen-bond donors (Lipinski definition) is 1. The maximum Gasteiger partial charge on any atom is 0.416 e. The van der Waals surface area contributed by atoms with Crippen molar-refractivity contribution in [2.45, 2.75) is 19.3 Å². The Bertz CT molecular complexity index is 1110. The van der Waals surface area contributed by atoms with E-state index in [-0.39, 0.29) is 0 Å². The molecule has 4 rings (SSSR count). The summed E-state index contributed by atoms with van der Waals surface area (Å²) >= 11 is 11.8. The number of nitrogens with one attached hydrogen (secondary N) is 1. The molecule has 0 atom stereocenters. The van der Waals surface area contributed by atoms with Gasteiger partial charge in [-0.25, -0.2) is 0 Å². The van der Waals surface area contributed by atoms with Gasteiger partial charge < -0.3 is 10.2 Å². The summed E-state index contributed by atoms with van der Waals surface area (Å²) in [5.74, 6) is 0. The van der Waals surface area contributed by atoms with Crippen LogP contribution >= 0.6 is 23.8 Å². The summed E-state index contributed by atoms with van der Waals surface area (Å²) in [5.41, 5.74) is 1.82. The first kappa shape index (κ1) is 23.5. The first-order valence-electron chi connectivity index (χ1n) is 10.5. The lowest BCUT2D eigenvalue weighted by Crippen LogP contribution is -2.49. The van der Waals surface area contributed by atoms with Crippen LogP contribution in [0.1, 0.15) is 16.7 Å². The Labute approximate surface area is 200 Å². The zero-order valence-corrected chi connectivity index (χ0v) is 19.3. The van der Waals surface area contributed by atoms with E-state index in [1.165, 1.54) is 12.1 Å². The number of alkyl halides is 3. The lowest BCUT2D eigenvalue weighted by Gasteiger charge is -2.36. The predicted octanol–water partition coefficient (Wildman–Crippen LogP) is 5.12. The zero-order valence-electron chi connectivity index (χ0n) is 17.7. The maximum absolute atomic E-state index is 12.9. The number of halogens is 4. The van der Waals surface area contributed by atoms with Gasteiger partial charge in [-0.3, -0.25) is 9.58 Å². The minimum absolute atomic E-state index is 0.479. The van der Waals surface area contributed by atoms with Gasteiger partial charge in [0.25, 0.3) is 0 Å². The fourth-order valence-corrected chi connectivity index (χ4v) is 4.23. The van der Waals surface area contributed by atoms with Crippen LogP contribution in [0.2, 0.25) is 5.02 Å². The molecule has 1 aliphatic rings. The summed E-state index contributed by atoms with van der Waals surface area (Å²) in [6.45, 7) is 3.85. The van der Waals surface area contributed by atoms with Crippen molar-refractivity contribution in [3.63, 3.8) is 0 Å². The number of hydrogen-bond acceptors (Lipinski definition) is 3. The molecule has 0 bridgehead atoms. The molecule has 1 aromatic heterocycles. The Morgan fingerprint density at radius 2 is 1.79 bits per heavy atom. The first-order valence-corrected chi connectivity index (χ1v) is 11.3. The molecule has 0 saturated carbocycles. The monoisotopic (exact) mass is 493 g/mol. The van der Waals surface area contributed by atoms with E-state index >= 15 is 0 Å². The highest BCUT2D eigenvalue weighted by molar-refractivity contribution is 7.80. The topological polar surface area (TPSA) is 36.3 Å². The van der Waals surface area contributed by atoms with Gasteiger partial charge in [-0.15, -0.1) is 0 Å². The van der Waals surface area contributed by atoms with E-state index in [0.717, 1.165) is 17.3 Å². The van der Waals surface area contributed by atoms with Crippen molar-refractivity contribution in [1.82, 2.24) is 19.6 Å². The smallest absolute Gasteiger partial charge is 0.346 e. The maximum atomic E-state index is 12.9. The molecule has 1 N–H and O–H groups in total. The summed E-state index contributed by atoms with van der Waals surface area (Å²) in [5, 5.41) is 8.88. The molecule has 0 spiro atoms. The van der Waals surface area contributed by atoms with Crippen LogP contribution in [-0.4, -0.2) is 50.9 Å². The molecule has 1 fully saturated rings. The van der Waals surface area contributed by atoms with E-state index in [2.05, 4.69) is 20.2 Å². The Balaban J connectivity index is 1.27. The molecule has 2 heterocycles. The Hall–Kier alpha value is -2.62. The molecule has 1 aliphatic heterocycles. The van der Waals surface area contributed by atoms with E-state index in [1.807, 2.05) is 30.5 Å². The summed E-state index contributed by atoms with van der Waals surface area (Å²) in [6.07, 6.45) is -0.736. The molecular weight excluding hydrogens is 471 g/mol. The zero-order chi connectivity index (χ0) is 23.4. The van der Waals surface area contributed by atoms with Gasteiger partial charge in [0.1, 0.15) is 0 Å². The Morgan fingerprint density at radius 1 is 1.03 bits per heavy atom.